The minimum atomic E-state index is -3.64. The van der Waals surface area contributed by atoms with E-state index < -0.39 is 10.0 Å². The summed E-state index contributed by atoms with van der Waals surface area (Å²) >= 11 is 6.94. The first kappa shape index (κ1) is 20.0. The van der Waals surface area contributed by atoms with Gasteiger partial charge in [0.05, 0.1) is 10.4 Å². The van der Waals surface area contributed by atoms with Crippen LogP contribution in [0.1, 0.15) is 22.7 Å². The van der Waals surface area contributed by atoms with Crippen LogP contribution in [-0.2, 0) is 16.6 Å². The monoisotopic (exact) mass is 420 g/mol. The molecule has 4 nitrogen and oxygen atoms in total. The van der Waals surface area contributed by atoms with Crippen molar-refractivity contribution in [3.63, 3.8) is 0 Å². The Bertz CT molecular complexity index is 971. The molecule has 0 aliphatic carbocycles. The fraction of sp³-hybridized carbons (Fsp3) is 0.200. The highest BCUT2D eigenvalue weighted by atomic mass is 35.5. The van der Waals surface area contributed by atoms with Crippen LogP contribution in [0.2, 0.25) is 4.34 Å². The largest absolute Gasteiger partial charge is 0.311 e. The van der Waals surface area contributed by atoms with Gasteiger partial charge in [-0.1, -0.05) is 71.8 Å². The molecule has 0 saturated carbocycles. The van der Waals surface area contributed by atoms with E-state index in [0.29, 0.717) is 17.4 Å². The van der Waals surface area contributed by atoms with E-state index in [1.807, 2.05) is 37.3 Å². The fourth-order valence-corrected chi connectivity index (χ4v) is 5.39. The van der Waals surface area contributed by atoms with Gasteiger partial charge in [0.25, 0.3) is 10.0 Å². The second-order valence-corrected chi connectivity index (χ2v) is 9.92. The smallest absolute Gasteiger partial charge is 0.250 e. The minimum Gasteiger partial charge on any atom is -0.311 e. The van der Waals surface area contributed by atoms with Gasteiger partial charge in [0.2, 0.25) is 0 Å². The number of halogens is 1. The van der Waals surface area contributed by atoms with Gasteiger partial charge < -0.3 is 5.32 Å². The summed E-state index contributed by atoms with van der Waals surface area (Å²) in [4.78, 5) is 0. The summed E-state index contributed by atoms with van der Waals surface area (Å²) in [6.07, 6.45) is 0. The van der Waals surface area contributed by atoms with Crippen LogP contribution in [0.3, 0.4) is 0 Å². The normalized spacial score (nSPS) is 12.8. The predicted molar refractivity (Wildman–Crippen MR) is 112 cm³/mol. The lowest BCUT2D eigenvalue weighted by Gasteiger charge is -2.19. The van der Waals surface area contributed by atoms with Gasteiger partial charge in [0, 0.05) is 13.1 Å². The van der Waals surface area contributed by atoms with E-state index in [0.717, 1.165) is 22.5 Å². The predicted octanol–water partition coefficient (Wildman–Crippen LogP) is 4.52. The summed E-state index contributed by atoms with van der Waals surface area (Å²) in [5.74, 6) is 0. The SMILES string of the molecule is Cc1ccc(CNCC(NS(=O)(=O)c2ccc(Cl)s2)c2ccccc2)cc1. The zero-order valence-electron chi connectivity index (χ0n) is 14.9. The van der Waals surface area contributed by atoms with Gasteiger partial charge in [0.1, 0.15) is 4.21 Å². The number of aryl methyl sites for hydroxylation is 1. The molecule has 0 aliphatic heterocycles. The van der Waals surface area contributed by atoms with Gasteiger partial charge >= 0.3 is 0 Å². The molecule has 0 aliphatic rings. The third-order valence-electron chi connectivity index (χ3n) is 4.11. The number of nitrogens with one attached hydrogen (secondary N) is 2. The number of sulfonamides is 1. The molecule has 142 valence electrons. The van der Waals surface area contributed by atoms with Crippen molar-refractivity contribution in [2.24, 2.45) is 0 Å². The first-order valence-corrected chi connectivity index (χ1v) is 11.2. The van der Waals surface area contributed by atoms with Crippen molar-refractivity contribution >= 4 is 33.0 Å². The summed E-state index contributed by atoms with van der Waals surface area (Å²) in [7, 11) is -3.64. The van der Waals surface area contributed by atoms with Crippen LogP contribution in [0.5, 0.6) is 0 Å². The molecule has 2 aromatic carbocycles. The Balaban J connectivity index is 1.72. The third kappa shape index (κ3) is 5.64. The highest BCUT2D eigenvalue weighted by molar-refractivity contribution is 7.91. The first-order chi connectivity index (χ1) is 12.9. The molecule has 27 heavy (non-hydrogen) atoms. The average molecular weight is 421 g/mol. The van der Waals surface area contributed by atoms with Crippen LogP contribution in [0.15, 0.2) is 70.9 Å². The summed E-state index contributed by atoms with van der Waals surface area (Å²) in [5, 5.41) is 3.35. The molecule has 0 spiro atoms. The molecule has 0 bridgehead atoms. The molecule has 0 saturated heterocycles. The van der Waals surface area contributed by atoms with Gasteiger partial charge in [-0.3, -0.25) is 0 Å². The quantitative estimate of drug-likeness (QED) is 0.563. The van der Waals surface area contributed by atoms with Crippen LogP contribution < -0.4 is 10.0 Å². The number of hydrogen-bond acceptors (Lipinski definition) is 4. The standard InChI is InChI=1S/C20H21ClN2O2S2/c1-15-7-9-16(10-8-15)13-22-14-18(17-5-3-2-4-6-17)23-27(24,25)20-12-11-19(21)26-20/h2-12,18,22-23H,13-14H2,1H3. The van der Waals surface area contributed by atoms with Gasteiger partial charge in [-0.2, -0.15) is 0 Å². The lowest BCUT2D eigenvalue weighted by Crippen LogP contribution is -2.35. The van der Waals surface area contributed by atoms with Gasteiger partial charge in [-0.15, -0.1) is 11.3 Å². The van der Waals surface area contributed by atoms with E-state index in [-0.39, 0.29) is 10.3 Å². The Labute approximate surface area is 169 Å². The number of hydrogen-bond donors (Lipinski definition) is 2. The number of benzene rings is 2. The van der Waals surface area contributed by atoms with Gasteiger partial charge in [-0.25, -0.2) is 13.1 Å². The number of rotatable bonds is 8. The molecule has 1 atom stereocenters. The second kappa shape index (κ2) is 8.99. The molecule has 2 N–H and O–H groups in total. The fourth-order valence-electron chi connectivity index (χ4n) is 2.67. The van der Waals surface area contributed by atoms with E-state index in [2.05, 4.69) is 34.3 Å². The Morgan fingerprint density at radius 1 is 1.00 bits per heavy atom. The first-order valence-electron chi connectivity index (χ1n) is 8.53. The summed E-state index contributed by atoms with van der Waals surface area (Å²) in [5.41, 5.74) is 3.27. The highest BCUT2D eigenvalue weighted by Gasteiger charge is 2.22. The van der Waals surface area contributed by atoms with Crippen molar-refractivity contribution in [1.82, 2.24) is 10.0 Å². The highest BCUT2D eigenvalue weighted by Crippen LogP contribution is 2.27. The van der Waals surface area contributed by atoms with E-state index in [1.165, 1.54) is 11.6 Å². The van der Waals surface area contributed by atoms with Gasteiger partial charge in [-0.05, 0) is 30.2 Å². The molecule has 3 aromatic rings. The lowest BCUT2D eigenvalue weighted by atomic mass is 10.1. The lowest BCUT2D eigenvalue weighted by molar-refractivity contribution is 0.529. The third-order valence-corrected chi connectivity index (χ3v) is 7.31. The molecule has 3 rings (SSSR count). The van der Waals surface area contributed by atoms with E-state index >= 15 is 0 Å². The van der Waals surface area contributed by atoms with Crippen molar-refractivity contribution in [2.75, 3.05) is 6.54 Å². The Hall–Kier alpha value is -1.70. The molecular weight excluding hydrogens is 400 g/mol. The molecule has 1 aromatic heterocycles. The van der Waals surface area contributed by atoms with Crippen molar-refractivity contribution < 1.29 is 8.42 Å². The van der Waals surface area contributed by atoms with Crippen molar-refractivity contribution in [3.8, 4) is 0 Å². The minimum absolute atomic E-state index is 0.215. The van der Waals surface area contributed by atoms with Crippen LogP contribution in [0.25, 0.3) is 0 Å². The molecular formula is C20H21ClN2O2S2. The molecule has 1 unspecified atom stereocenters. The summed E-state index contributed by atoms with van der Waals surface area (Å²) < 4.78 is 28.9. The molecule has 7 heteroatoms. The molecule has 1 heterocycles. The van der Waals surface area contributed by atoms with E-state index in [9.17, 15) is 8.42 Å². The maximum Gasteiger partial charge on any atom is 0.250 e. The Kier molecular flexibility index (Phi) is 6.68. The van der Waals surface area contributed by atoms with Crippen LogP contribution in [0, 0.1) is 6.92 Å². The maximum atomic E-state index is 12.7. The average Bonchev–Trinajstić information content (AvgIpc) is 3.11. The zero-order valence-corrected chi connectivity index (χ0v) is 17.2. The zero-order chi connectivity index (χ0) is 19.3. The van der Waals surface area contributed by atoms with E-state index in [4.69, 9.17) is 11.6 Å². The van der Waals surface area contributed by atoms with Crippen molar-refractivity contribution in [2.45, 2.75) is 23.7 Å². The maximum absolute atomic E-state index is 12.7. The molecule has 0 radical (unpaired) electrons. The van der Waals surface area contributed by atoms with Crippen LogP contribution in [0.4, 0.5) is 0 Å². The van der Waals surface area contributed by atoms with Gasteiger partial charge in [0.15, 0.2) is 0 Å². The summed E-state index contributed by atoms with van der Waals surface area (Å²) in [6, 6.07) is 20.5. The molecule has 0 amide bonds. The second-order valence-electron chi connectivity index (χ2n) is 6.26. The van der Waals surface area contributed by atoms with E-state index in [1.54, 1.807) is 6.07 Å². The topological polar surface area (TPSA) is 58.2 Å². The molecule has 0 fully saturated rings. The number of thiophene rings is 1. The van der Waals surface area contributed by atoms with Crippen molar-refractivity contribution in [3.05, 3.63) is 87.8 Å². The van der Waals surface area contributed by atoms with Crippen molar-refractivity contribution in [1.29, 1.82) is 0 Å². The summed E-state index contributed by atoms with van der Waals surface area (Å²) in [6.45, 7) is 3.18. The Morgan fingerprint density at radius 3 is 2.33 bits per heavy atom. The van der Waals surface area contributed by atoms with Crippen LogP contribution in [-0.4, -0.2) is 15.0 Å². The van der Waals surface area contributed by atoms with Crippen LogP contribution >= 0.6 is 22.9 Å². The Morgan fingerprint density at radius 2 is 1.70 bits per heavy atom.